The first kappa shape index (κ1) is 13.5. The summed E-state index contributed by atoms with van der Waals surface area (Å²) < 4.78 is 2.45. The Balaban J connectivity index is 2.25. The van der Waals surface area contributed by atoms with Gasteiger partial charge in [0.1, 0.15) is 0 Å². The standard InChI is InChI=1S/C13H13BrINS/c1-16-13(8-10-3-2-6-17-10)11-7-9(14)4-5-12(11)15/h2-7,13,16H,8H2,1H3. The van der Waals surface area contributed by atoms with Gasteiger partial charge in [0.15, 0.2) is 0 Å². The van der Waals surface area contributed by atoms with Gasteiger partial charge < -0.3 is 5.32 Å². The van der Waals surface area contributed by atoms with Crippen LogP contribution in [0.5, 0.6) is 0 Å². The number of benzene rings is 1. The van der Waals surface area contributed by atoms with E-state index < -0.39 is 0 Å². The van der Waals surface area contributed by atoms with Crippen molar-refractivity contribution in [2.24, 2.45) is 0 Å². The van der Waals surface area contributed by atoms with Crippen LogP contribution in [0.4, 0.5) is 0 Å². The molecule has 1 heterocycles. The van der Waals surface area contributed by atoms with E-state index in [1.165, 1.54) is 14.0 Å². The number of hydrogen-bond donors (Lipinski definition) is 1. The van der Waals surface area contributed by atoms with Crippen LogP contribution in [0.1, 0.15) is 16.5 Å². The molecular weight excluding hydrogens is 409 g/mol. The highest BCUT2D eigenvalue weighted by molar-refractivity contribution is 14.1. The summed E-state index contributed by atoms with van der Waals surface area (Å²) in [6, 6.07) is 11.1. The highest BCUT2D eigenvalue weighted by Gasteiger charge is 2.14. The molecule has 1 atom stereocenters. The van der Waals surface area contributed by atoms with Gasteiger partial charge in [-0.25, -0.2) is 0 Å². The molecule has 0 aliphatic carbocycles. The van der Waals surface area contributed by atoms with E-state index in [0.717, 1.165) is 10.9 Å². The fourth-order valence-corrected chi connectivity index (χ4v) is 3.62. The van der Waals surface area contributed by atoms with Gasteiger partial charge in [-0.15, -0.1) is 11.3 Å². The largest absolute Gasteiger partial charge is 0.313 e. The van der Waals surface area contributed by atoms with E-state index in [1.54, 1.807) is 0 Å². The lowest BCUT2D eigenvalue weighted by molar-refractivity contribution is 0.593. The van der Waals surface area contributed by atoms with Crippen molar-refractivity contribution in [2.75, 3.05) is 7.05 Å². The van der Waals surface area contributed by atoms with E-state index >= 15 is 0 Å². The summed E-state index contributed by atoms with van der Waals surface area (Å²) in [5, 5.41) is 5.54. The number of thiophene rings is 1. The number of nitrogens with one attached hydrogen (secondary N) is 1. The van der Waals surface area contributed by atoms with Gasteiger partial charge in [0.05, 0.1) is 0 Å². The van der Waals surface area contributed by atoms with Crippen molar-refractivity contribution in [3.05, 3.63) is 54.2 Å². The molecule has 0 amide bonds. The van der Waals surface area contributed by atoms with Crippen LogP contribution in [0.2, 0.25) is 0 Å². The molecule has 1 aromatic carbocycles. The monoisotopic (exact) mass is 421 g/mol. The maximum Gasteiger partial charge on any atom is 0.0377 e. The molecule has 0 saturated heterocycles. The van der Waals surface area contributed by atoms with Crippen molar-refractivity contribution in [2.45, 2.75) is 12.5 Å². The van der Waals surface area contributed by atoms with Crippen LogP contribution in [0.15, 0.2) is 40.2 Å². The summed E-state index contributed by atoms with van der Waals surface area (Å²) in [5.41, 5.74) is 1.36. The predicted molar refractivity (Wildman–Crippen MR) is 86.7 cm³/mol. The smallest absolute Gasteiger partial charge is 0.0377 e. The molecule has 2 aromatic rings. The molecule has 1 N–H and O–H groups in total. The zero-order valence-electron chi connectivity index (χ0n) is 9.41. The van der Waals surface area contributed by atoms with Gasteiger partial charge in [0.25, 0.3) is 0 Å². The Hall–Kier alpha value is 0.0900. The van der Waals surface area contributed by atoms with E-state index in [4.69, 9.17) is 0 Å². The van der Waals surface area contributed by atoms with Crippen LogP contribution >= 0.6 is 49.9 Å². The molecule has 0 spiro atoms. The third kappa shape index (κ3) is 3.53. The highest BCUT2D eigenvalue weighted by Crippen LogP contribution is 2.27. The van der Waals surface area contributed by atoms with Gasteiger partial charge in [-0.05, 0) is 64.8 Å². The second-order valence-corrected chi connectivity index (χ2v) is 6.90. The Morgan fingerprint density at radius 1 is 1.41 bits per heavy atom. The van der Waals surface area contributed by atoms with E-state index in [9.17, 15) is 0 Å². The number of rotatable bonds is 4. The Morgan fingerprint density at radius 3 is 2.88 bits per heavy atom. The zero-order valence-corrected chi connectivity index (χ0v) is 14.0. The van der Waals surface area contributed by atoms with Gasteiger partial charge >= 0.3 is 0 Å². The van der Waals surface area contributed by atoms with Gasteiger partial charge in [-0.2, -0.15) is 0 Å². The minimum Gasteiger partial charge on any atom is -0.313 e. The Bertz CT molecular complexity index is 484. The molecule has 1 aromatic heterocycles. The van der Waals surface area contributed by atoms with Crippen molar-refractivity contribution < 1.29 is 0 Å². The van der Waals surface area contributed by atoms with Gasteiger partial charge in [0, 0.05) is 25.4 Å². The summed E-state index contributed by atoms with van der Waals surface area (Å²) >= 11 is 7.76. The Kier molecular flexibility index (Phi) is 5.02. The van der Waals surface area contributed by atoms with Crippen molar-refractivity contribution in [3.8, 4) is 0 Å². The van der Waals surface area contributed by atoms with Gasteiger partial charge in [-0.3, -0.25) is 0 Å². The summed E-state index contributed by atoms with van der Waals surface area (Å²) in [5.74, 6) is 0. The van der Waals surface area contributed by atoms with Crippen molar-refractivity contribution in [1.82, 2.24) is 5.32 Å². The normalized spacial score (nSPS) is 12.6. The topological polar surface area (TPSA) is 12.0 Å². The maximum absolute atomic E-state index is 3.54. The molecule has 2 rings (SSSR count). The molecular formula is C13H13BrINS. The highest BCUT2D eigenvalue weighted by atomic mass is 127. The van der Waals surface area contributed by atoms with Crippen LogP contribution < -0.4 is 5.32 Å². The van der Waals surface area contributed by atoms with Crippen LogP contribution in [-0.2, 0) is 6.42 Å². The number of hydrogen-bond acceptors (Lipinski definition) is 2. The molecule has 0 saturated carbocycles. The third-order valence-corrected chi connectivity index (χ3v) is 5.04. The summed E-state index contributed by atoms with van der Waals surface area (Å²) in [6.45, 7) is 0. The molecule has 0 aliphatic rings. The molecule has 17 heavy (non-hydrogen) atoms. The van der Waals surface area contributed by atoms with Crippen molar-refractivity contribution >= 4 is 49.9 Å². The lowest BCUT2D eigenvalue weighted by Gasteiger charge is -2.18. The predicted octanol–water partition coefficient (Wildman–Crippen LogP) is 4.62. The average Bonchev–Trinajstić information content (AvgIpc) is 2.82. The van der Waals surface area contributed by atoms with E-state index in [0.29, 0.717) is 6.04 Å². The third-order valence-electron chi connectivity index (χ3n) is 2.67. The number of halogens is 2. The van der Waals surface area contributed by atoms with Gasteiger partial charge in [0.2, 0.25) is 0 Å². The van der Waals surface area contributed by atoms with Crippen LogP contribution in [0.3, 0.4) is 0 Å². The second kappa shape index (κ2) is 6.31. The number of likely N-dealkylation sites (N-methyl/N-ethyl adjacent to an activating group) is 1. The van der Waals surface area contributed by atoms with Crippen molar-refractivity contribution in [1.29, 1.82) is 0 Å². The first-order valence-corrected chi connectivity index (χ1v) is 8.10. The molecule has 0 radical (unpaired) electrons. The maximum atomic E-state index is 3.54. The quantitative estimate of drug-likeness (QED) is 0.710. The van der Waals surface area contributed by atoms with E-state index in [2.05, 4.69) is 79.5 Å². The minimum absolute atomic E-state index is 0.373. The molecule has 90 valence electrons. The summed E-state index contributed by atoms with van der Waals surface area (Å²) in [6.07, 6.45) is 1.04. The average molecular weight is 422 g/mol. The molecule has 1 unspecified atom stereocenters. The fraction of sp³-hybridized carbons (Fsp3) is 0.231. The van der Waals surface area contributed by atoms with Crippen LogP contribution in [-0.4, -0.2) is 7.05 Å². The minimum atomic E-state index is 0.373. The Labute approximate surface area is 128 Å². The van der Waals surface area contributed by atoms with Gasteiger partial charge in [-0.1, -0.05) is 22.0 Å². The molecule has 1 nitrogen and oxygen atoms in total. The second-order valence-electron chi connectivity index (χ2n) is 3.79. The molecule has 0 fully saturated rings. The Morgan fingerprint density at radius 2 is 2.24 bits per heavy atom. The van der Waals surface area contributed by atoms with E-state index in [1.807, 2.05) is 18.4 Å². The van der Waals surface area contributed by atoms with Crippen molar-refractivity contribution in [3.63, 3.8) is 0 Å². The lowest BCUT2D eigenvalue weighted by atomic mass is 10.0. The SMILES string of the molecule is CNC(Cc1cccs1)c1cc(Br)ccc1I. The first-order chi connectivity index (χ1) is 8.20. The first-order valence-electron chi connectivity index (χ1n) is 5.35. The van der Waals surface area contributed by atoms with E-state index in [-0.39, 0.29) is 0 Å². The lowest BCUT2D eigenvalue weighted by Crippen LogP contribution is -2.19. The van der Waals surface area contributed by atoms with Crippen LogP contribution in [0.25, 0.3) is 0 Å². The molecule has 0 bridgehead atoms. The van der Waals surface area contributed by atoms with Crippen LogP contribution in [0, 0.1) is 3.57 Å². The zero-order chi connectivity index (χ0) is 12.3. The molecule has 0 aliphatic heterocycles. The molecule has 4 heteroatoms. The summed E-state index contributed by atoms with van der Waals surface area (Å²) in [4.78, 5) is 1.42. The fourth-order valence-electron chi connectivity index (χ4n) is 1.78. The summed E-state index contributed by atoms with van der Waals surface area (Å²) in [7, 11) is 2.02.